The zero-order chi connectivity index (χ0) is 22.8. The average molecular weight is 455 g/mol. The van der Waals surface area contributed by atoms with Gasteiger partial charge in [0.05, 0.1) is 16.1 Å². The van der Waals surface area contributed by atoms with E-state index in [1.54, 1.807) is 30.5 Å². The molecular weight excluding hydrogens is 432 g/mol. The van der Waals surface area contributed by atoms with Gasteiger partial charge < -0.3 is 9.88 Å². The van der Waals surface area contributed by atoms with Crippen molar-refractivity contribution >= 4 is 32.2 Å². The first kappa shape index (κ1) is 20.9. The highest BCUT2D eigenvalue weighted by Crippen LogP contribution is 2.30. The van der Waals surface area contributed by atoms with Gasteiger partial charge in [-0.2, -0.15) is 0 Å². The number of anilines is 2. The zero-order valence-corrected chi connectivity index (χ0v) is 18.8. The molecule has 164 valence electrons. The molecule has 3 aromatic heterocycles. The van der Waals surface area contributed by atoms with Crippen molar-refractivity contribution in [1.82, 2.24) is 14.5 Å². The van der Waals surface area contributed by atoms with E-state index >= 15 is 0 Å². The highest BCUT2D eigenvalue weighted by Gasteiger charge is 2.13. The van der Waals surface area contributed by atoms with E-state index in [4.69, 9.17) is 0 Å². The Balaban J connectivity index is 1.55. The number of rotatable bonds is 6. The number of sulfone groups is 1. The predicted octanol–water partition coefficient (Wildman–Crippen LogP) is 5.29. The van der Waals surface area contributed by atoms with Gasteiger partial charge in [0.15, 0.2) is 9.84 Å². The van der Waals surface area contributed by atoms with Crippen molar-refractivity contribution in [1.29, 1.82) is 0 Å². The molecule has 1 N–H and O–H groups in total. The molecule has 0 spiro atoms. The fraction of sp³-hybridized carbons (Fsp3) is 0.0769. The van der Waals surface area contributed by atoms with E-state index < -0.39 is 9.84 Å². The maximum atomic E-state index is 11.7. The molecule has 5 rings (SSSR count). The van der Waals surface area contributed by atoms with Gasteiger partial charge in [-0.25, -0.2) is 13.4 Å². The van der Waals surface area contributed by atoms with Gasteiger partial charge in [-0.3, -0.25) is 4.98 Å². The molecule has 0 amide bonds. The fourth-order valence-electron chi connectivity index (χ4n) is 3.85. The first-order valence-electron chi connectivity index (χ1n) is 10.5. The van der Waals surface area contributed by atoms with E-state index in [1.807, 2.05) is 42.7 Å². The molecule has 0 radical (unpaired) electrons. The monoisotopic (exact) mass is 454 g/mol. The lowest BCUT2D eigenvalue weighted by atomic mass is 10.2. The summed E-state index contributed by atoms with van der Waals surface area (Å²) in [6.07, 6.45) is 6.69. The summed E-state index contributed by atoms with van der Waals surface area (Å²) in [6, 6.07) is 25.1. The molecule has 0 atom stereocenters. The number of nitrogens with one attached hydrogen (secondary N) is 1. The highest BCUT2D eigenvalue weighted by molar-refractivity contribution is 7.90. The topological polar surface area (TPSA) is 76.9 Å². The van der Waals surface area contributed by atoms with Crippen molar-refractivity contribution in [2.45, 2.75) is 11.4 Å². The Morgan fingerprint density at radius 3 is 2.39 bits per heavy atom. The lowest BCUT2D eigenvalue weighted by Gasteiger charge is -2.12. The van der Waals surface area contributed by atoms with Gasteiger partial charge in [-0.15, -0.1) is 0 Å². The van der Waals surface area contributed by atoms with Crippen molar-refractivity contribution in [3.8, 4) is 11.3 Å². The molecule has 6 nitrogen and oxygen atoms in total. The molecular formula is C26H22N4O2S. The van der Waals surface area contributed by atoms with Crippen molar-refractivity contribution in [2.24, 2.45) is 0 Å². The Bertz CT molecular complexity index is 1510. The maximum Gasteiger partial charge on any atom is 0.175 e. The number of aromatic nitrogens is 3. The Morgan fingerprint density at radius 1 is 0.909 bits per heavy atom. The van der Waals surface area contributed by atoms with Crippen LogP contribution in [0, 0.1) is 0 Å². The standard InChI is InChI=1S/C26H22N4O2S/c1-33(31,32)23-11-9-22(10-12-23)29-26-15-25-21(17-28-26)14-24(20-8-5-13-27-16-20)30(25)18-19-6-3-2-4-7-19/h2-17H,18H2,1H3,(H,28,29). The maximum absolute atomic E-state index is 11.7. The van der Waals surface area contributed by atoms with Gasteiger partial charge in [-0.1, -0.05) is 30.3 Å². The van der Waals surface area contributed by atoms with Crippen LogP contribution >= 0.6 is 0 Å². The number of benzene rings is 2. The molecule has 0 aliphatic heterocycles. The van der Waals surface area contributed by atoms with Gasteiger partial charge in [0.1, 0.15) is 5.82 Å². The van der Waals surface area contributed by atoms with Crippen LogP contribution in [0.25, 0.3) is 22.2 Å². The van der Waals surface area contributed by atoms with Crippen LogP contribution in [-0.2, 0) is 16.4 Å². The molecule has 3 heterocycles. The normalized spacial score (nSPS) is 11.5. The largest absolute Gasteiger partial charge is 0.340 e. The van der Waals surface area contributed by atoms with E-state index in [9.17, 15) is 8.42 Å². The second-order valence-corrected chi connectivity index (χ2v) is 9.91. The number of pyridine rings is 2. The summed E-state index contributed by atoms with van der Waals surface area (Å²) < 4.78 is 25.7. The van der Waals surface area contributed by atoms with Crippen LogP contribution in [0.4, 0.5) is 11.5 Å². The molecule has 0 aliphatic carbocycles. The predicted molar refractivity (Wildman–Crippen MR) is 131 cm³/mol. The lowest BCUT2D eigenvalue weighted by Crippen LogP contribution is -2.02. The van der Waals surface area contributed by atoms with Crippen molar-refractivity contribution in [3.63, 3.8) is 0 Å². The highest BCUT2D eigenvalue weighted by atomic mass is 32.2. The number of fused-ring (bicyclic) bond motifs is 1. The molecule has 7 heteroatoms. The van der Waals surface area contributed by atoms with Gasteiger partial charge >= 0.3 is 0 Å². The third-order valence-corrected chi connectivity index (χ3v) is 6.61. The molecule has 0 fully saturated rings. The quantitative estimate of drug-likeness (QED) is 0.377. The summed E-state index contributed by atoms with van der Waals surface area (Å²) in [5.41, 5.74) is 5.11. The number of hydrogen-bond donors (Lipinski definition) is 1. The minimum atomic E-state index is -3.23. The van der Waals surface area contributed by atoms with E-state index in [-0.39, 0.29) is 4.90 Å². The second kappa shape index (κ2) is 8.52. The Kier molecular flexibility index (Phi) is 5.40. The minimum Gasteiger partial charge on any atom is -0.340 e. The van der Waals surface area contributed by atoms with E-state index in [0.717, 1.165) is 27.8 Å². The average Bonchev–Trinajstić information content (AvgIpc) is 3.18. The Hall–Kier alpha value is -3.97. The first-order chi connectivity index (χ1) is 16.0. The van der Waals surface area contributed by atoms with Gasteiger partial charge in [0, 0.05) is 54.1 Å². The Labute approximate surface area is 192 Å². The van der Waals surface area contributed by atoms with E-state index in [1.165, 1.54) is 11.8 Å². The molecule has 0 bridgehead atoms. The molecule has 0 unspecified atom stereocenters. The SMILES string of the molecule is CS(=O)(=O)c1ccc(Nc2cc3c(cn2)cc(-c2cccnc2)n3Cc2ccccc2)cc1. The fourth-order valence-corrected chi connectivity index (χ4v) is 4.48. The smallest absolute Gasteiger partial charge is 0.175 e. The summed E-state index contributed by atoms with van der Waals surface area (Å²) in [5, 5.41) is 4.31. The van der Waals surface area contributed by atoms with Crippen molar-refractivity contribution in [3.05, 3.63) is 103 Å². The van der Waals surface area contributed by atoms with E-state index in [0.29, 0.717) is 12.4 Å². The van der Waals surface area contributed by atoms with Crippen LogP contribution in [0.15, 0.2) is 102 Å². The van der Waals surface area contributed by atoms with E-state index in [2.05, 4.69) is 44.1 Å². The van der Waals surface area contributed by atoms with Crippen LogP contribution in [0.5, 0.6) is 0 Å². The molecule has 0 saturated heterocycles. The zero-order valence-electron chi connectivity index (χ0n) is 18.0. The Morgan fingerprint density at radius 2 is 1.70 bits per heavy atom. The van der Waals surface area contributed by atoms with Gasteiger partial charge in [0.2, 0.25) is 0 Å². The summed E-state index contributed by atoms with van der Waals surface area (Å²) in [6.45, 7) is 0.709. The summed E-state index contributed by atoms with van der Waals surface area (Å²) in [7, 11) is -3.23. The van der Waals surface area contributed by atoms with Crippen molar-refractivity contribution in [2.75, 3.05) is 11.6 Å². The van der Waals surface area contributed by atoms with Crippen LogP contribution in [0.2, 0.25) is 0 Å². The summed E-state index contributed by atoms with van der Waals surface area (Å²) >= 11 is 0. The molecule has 2 aromatic carbocycles. The third kappa shape index (κ3) is 4.49. The molecule has 0 aliphatic rings. The van der Waals surface area contributed by atoms with Gasteiger partial charge in [-0.05, 0) is 48.0 Å². The van der Waals surface area contributed by atoms with Crippen LogP contribution in [0.1, 0.15) is 5.56 Å². The third-order valence-electron chi connectivity index (χ3n) is 5.48. The summed E-state index contributed by atoms with van der Waals surface area (Å²) in [4.78, 5) is 9.15. The molecule has 33 heavy (non-hydrogen) atoms. The van der Waals surface area contributed by atoms with Crippen molar-refractivity contribution < 1.29 is 8.42 Å². The lowest BCUT2D eigenvalue weighted by molar-refractivity contribution is 0.602. The van der Waals surface area contributed by atoms with Crippen LogP contribution < -0.4 is 5.32 Å². The first-order valence-corrected chi connectivity index (χ1v) is 12.4. The second-order valence-electron chi connectivity index (χ2n) is 7.89. The number of nitrogens with zero attached hydrogens (tertiary/aromatic N) is 3. The summed E-state index contributed by atoms with van der Waals surface area (Å²) in [5.74, 6) is 0.680. The number of hydrogen-bond acceptors (Lipinski definition) is 5. The van der Waals surface area contributed by atoms with Crippen LogP contribution in [-0.4, -0.2) is 29.2 Å². The minimum absolute atomic E-state index is 0.286. The molecule has 0 saturated carbocycles. The molecule has 5 aromatic rings. The van der Waals surface area contributed by atoms with Gasteiger partial charge in [0.25, 0.3) is 0 Å². The van der Waals surface area contributed by atoms with Crippen LogP contribution in [0.3, 0.4) is 0 Å².